The molecule has 1 heterocycles. The minimum Gasteiger partial charge on any atom is -0.497 e. The van der Waals surface area contributed by atoms with E-state index in [1.807, 2.05) is 31.2 Å². The Morgan fingerprint density at radius 3 is 2.57 bits per heavy atom. The molecule has 3 N–H and O–H groups in total. The van der Waals surface area contributed by atoms with E-state index in [1.165, 1.54) is 23.5 Å². The number of methoxy groups -OCH3 is 2. The van der Waals surface area contributed by atoms with Crippen molar-refractivity contribution in [3.63, 3.8) is 0 Å². The maximum atomic E-state index is 12.3. The number of hydrogen-bond donors (Lipinski definition) is 2. The number of aromatic nitrogens is 3. The average molecular weight is 399 g/mol. The number of hydrogen-bond acceptors (Lipinski definition) is 7. The Morgan fingerprint density at radius 1 is 1.14 bits per heavy atom. The van der Waals surface area contributed by atoms with E-state index in [0.29, 0.717) is 28.2 Å². The third-order valence-electron chi connectivity index (χ3n) is 3.99. The summed E-state index contributed by atoms with van der Waals surface area (Å²) >= 11 is 1.20. The van der Waals surface area contributed by atoms with E-state index in [0.717, 1.165) is 11.1 Å². The number of aryl methyl sites for hydroxylation is 1. The van der Waals surface area contributed by atoms with Gasteiger partial charge in [-0.25, -0.2) is 4.68 Å². The summed E-state index contributed by atoms with van der Waals surface area (Å²) in [6.45, 7) is 2.01. The molecule has 28 heavy (non-hydrogen) atoms. The summed E-state index contributed by atoms with van der Waals surface area (Å²) in [5.74, 6) is 7.70. The zero-order valence-electron chi connectivity index (χ0n) is 15.8. The molecule has 0 aliphatic rings. The van der Waals surface area contributed by atoms with Gasteiger partial charge in [0.1, 0.15) is 11.5 Å². The van der Waals surface area contributed by atoms with Crippen LogP contribution in [0.5, 0.6) is 11.5 Å². The van der Waals surface area contributed by atoms with Gasteiger partial charge in [-0.15, -0.1) is 10.2 Å². The van der Waals surface area contributed by atoms with E-state index in [4.69, 9.17) is 15.3 Å². The number of anilines is 1. The molecule has 0 saturated heterocycles. The Hall–Kier alpha value is -3.20. The number of thioether (sulfide) groups is 1. The summed E-state index contributed by atoms with van der Waals surface area (Å²) in [6, 6.07) is 13.0. The average Bonchev–Trinajstić information content (AvgIpc) is 3.07. The van der Waals surface area contributed by atoms with Gasteiger partial charge < -0.3 is 20.6 Å². The van der Waals surface area contributed by atoms with Crippen molar-refractivity contribution in [2.45, 2.75) is 12.1 Å². The Bertz CT molecular complexity index is 972. The Balaban J connectivity index is 1.65. The molecule has 0 saturated carbocycles. The van der Waals surface area contributed by atoms with Crippen LogP contribution in [0.25, 0.3) is 11.4 Å². The predicted molar refractivity (Wildman–Crippen MR) is 109 cm³/mol. The first-order chi connectivity index (χ1) is 13.5. The highest BCUT2D eigenvalue weighted by Gasteiger charge is 2.15. The summed E-state index contributed by atoms with van der Waals surface area (Å²) < 4.78 is 11.8. The van der Waals surface area contributed by atoms with Crippen LogP contribution in [-0.4, -0.2) is 40.8 Å². The van der Waals surface area contributed by atoms with Crippen molar-refractivity contribution in [1.82, 2.24) is 14.9 Å². The van der Waals surface area contributed by atoms with Gasteiger partial charge in [-0.2, -0.15) is 0 Å². The molecule has 9 heteroatoms. The van der Waals surface area contributed by atoms with Crippen LogP contribution in [0.2, 0.25) is 0 Å². The molecule has 0 atom stereocenters. The van der Waals surface area contributed by atoms with Gasteiger partial charge in [-0.05, 0) is 19.1 Å². The maximum Gasteiger partial charge on any atom is 0.234 e. The molecule has 3 aromatic rings. The van der Waals surface area contributed by atoms with E-state index >= 15 is 0 Å². The van der Waals surface area contributed by atoms with Gasteiger partial charge in [0.05, 0.1) is 25.7 Å². The van der Waals surface area contributed by atoms with Crippen LogP contribution in [0.15, 0.2) is 47.6 Å². The lowest BCUT2D eigenvalue weighted by atomic mass is 10.1. The maximum absolute atomic E-state index is 12.3. The van der Waals surface area contributed by atoms with Crippen molar-refractivity contribution in [2.24, 2.45) is 0 Å². The fourth-order valence-corrected chi connectivity index (χ4v) is 3.15. The van der Waals surface area contributed by atoms with Gasteiger partial charge >= 0.3 is 0 Å². The zero-order chi connectivity index (χ0) is 20.1. The fraction of sp³-hybridized carbons (Fsp3) is 0.211. The van der Waals surface area contributed by atoms with E-state index < -0.39 is 0 Å². The number of nitrogen functional groups attached to an aromatic ring is 1. The number of nitrogens with zero attached hydrogens (tertiary/aromatic N) is 3. The highest BCUT2D eigenvalue weighted by Crippen LogP contribution is 2.29. The minimum absolute atomic E-state index is 0.123. The van der Waals surface area contributed by atoms with Gasteiger partial charge in [-0.3, -0.25) is 4.79 Å². The van der Waals surface area contributed by atoms with E-state index in [9.17, 15) is 4.79 Å². The van der Waals surface area contributed by atoms with Gasteiger partial charge in [0, 0.05) is 11.6 Å². The Kier molecular flexibility index (Phi) is 6.05. The van der Waals surface area contributed by atoms with Gasteiger partial charge in [0.2, 0.25) is 11.1 Å². The van der Waals surface area contributed by atoms with Crippen molar-refractivity contribution in [2.75, 3.05) is 31.1 Å². The van der Waals surface area contributed by atoms with Gasteiger partial charge in [0.25, 0.3) is 0 Å². The van der Waals surface area contributed by atoms with Crippen LogP contribution in [0.4, 0.5) is 5.69 Å². The number of benzene rings is 2. The quantitative estimate of drug-likeness (QED) is 0.465. The van der Waals surface area contributed by atoms with Crippen LogP contribution in [0.3, 0.4) is 0 Å². The molecule has 1 aromatic heterocycles. The van der Waals surface area contributed by atoms with Gasteiger partial charge in [-0.1, -0.05) is 41.6 Å². The molecule has 0 bridgehead atoms. The zero-order valence-corrected chi connectivity index (χ0v) is 16.6. The molecule has 3 rings (SSSR count). The summed E-state index contributed by atoms with van der Waals surface area (Å²) in [7, 11) is 3.10. The predicted octanol–water partition coefficient (Wildman–Crippen LogP) is 2.72. The first-order valence-electron chi connectivity index (χ1n) is 8.44. The second kappa shape index (κ2) is 8.66. The van der Waals surface area contributed by atoms with Crippen molar-refractivity contribution in [3.05, 3.63) is 48.0 Å². The number of ether oxygens (including phenoxy) is 2. The molecular formula is C19H21N5O3S. The molecule has 0 radical (unpaired) electrons. The van der Waals surface area contributed by atoms with E-state index in [1.54, 1.807) is 25.3 Å². The summed E-state index contributed by atoms with van der Waals surface area (Å²) in [5, 5.41) is 11.5. The minimum atomic E-state index is -0.214. The summed E-state index contributed by atoms with van der Waals surface area (Å²) in [4.78, 5) is 12.3. The lowest BCUT2D eigenvalue weighted by Gasteiger charge is -2.11. The number of nitrogens with one attached hydrogen (secondary N) is 1. The molecule has 0 aliphatic heterocycles. The molecule has 2 aromatic carbocycles. The second-order valence-electron chi connectivity index (χ2n) is 5.95. The Labute approximate surface area is 167 Å². The number of rotatable bonds is 7. The SMILES string of the molecule is COc1ccc(NC(=O)CSc2nnc(-c3ccc(C)cc3)n2N)c(OC)c1. The largest absolute Gasteiger partial charge is 0.497 e. The second-order valence-corrected chi connectivity index (χ2v) is 6.89. The Morgan fingerprint density at radius 2 is 1.89 bits per heavy atom. The number of amides is 1. The number of carbonyl (C=O) groups excluding carboxylic acids is 1. The van der Waals surface area contributed by atoms with Crippen molar-refractivity contribution < 1.29 is 14.3 Å². The molecule has 8 nitrogen and oxygen atoms in total. The standard InChI is InChI=1S/C19H21N5O3S/c1-12-4-6-13(7-5-12)18-22-23-19(24(18)20)28-11-17(25)21-15-9-8-14(26-2)10-16(15)27-3/h4-10H,11,20H2,1-3H3,(H,21,25). The number of carbonyl (C=O) groups is 1. The normalized spacial score (nSPS) is 10.5. The summed E-state index contributed by atoms with van der Waals surface area (Å²) in [6.07, 6.45) is 0. The monoisotopic (exact) mass is 399 g/mol. The van der Waals surface area contributed by atoms with Gasteiger partial charge in [0.15, 0.2) is 5.82 Å². The highest BCUT2D eigenvalue weighted by molar-refractivity contribution is 7.99. The highest BCUT2D eigenvalue weighted by atomic mass is 32.2. The fourth-order valence-electron chi connectivity index (χ4n) is 2.49. The van der Waals surface area contributed by atoms with Crippen molar-refractivity contribution in [1.29, 1.82) is 0 Å². The van der Waals surface area contributed by atoms with Crippen LogP contribution in [0, 0.1) is 6.92 Å². The van der Waals surface area contributed by atoms with E-state index in [2.05, 4.69) is 15.5 Å². The van der Waals surface area contributed by atoms with Crippen LogP contribution in [-0.2, 0) is 4.79 Å². The third kappa shape index (κ3) is 4.37. The molecule has 0 fully saturated rings. The van der Waals surface area contributed by atoms with Crippen LogP contribution < -0.4 is 20.6 Å². The first-order valence-corrected chi connectivity index (χ1v) is 9.42. The molecule has 0 unspecified atom stereocenters. The summed E-state index contributed by atoms with van der Waals surface area (Å²) in [5.41, 5.74) is 2.57. The molecular weight excluding hydrogens is 378 g/mol. The molecule has 0 spiro atoms. The molecule has 146 valence electrons. The van der Waals surface area contributed by atoms with E-state index in [-0.39, 0.29) is 11.7 Å². The molecule has 1 amide bonds. The lowest BCUT2D eigenvalue weighted by molar-refractivity contribution is -0.113. The van der Waals surface area contributed by atoms with Crippen LogP contribution >= 0.6 is 11.8 Å². The van der Waals surface area contributed by atoms with Crippen LogP contribution in [0.1, 0.15) is 5.56 Å². The number of nitrogens with two attached hydrogens (primary N) is 1. The lowest BCUT2D eigenvalue weighted by Crippen LogP contribution is -2.17. The van der Waals surface area contributed by atoms with Crippen molar-refractivity contribution in [3.8, 4) is 22.9 Å². The smallest absolute Gasteiger partial charge is 0.234 e. The topological polar surface area (TPSA) is 104 Å². The molecule has 0 aliphatic carbocycles. The van der Waals surface area contributed by atoms with Crippen molar-refractivity contribution >= 4 is 23.4 Å². The third-order valence-corrected chi connectivity index (χ3v) is 4.93. The first kappa shape index (κ1) is 19.6.